The minimum Gasteiger partial charge on any atom is -0.512 e. The highest BCUT2D eigenvalue weighted by Crippen LogP contribution is 2.39. The lowest BCUT2D eigenvalue weighted by molar-refractivity contribution is -0.137. The van der Waals surface area contributed by atoms with Crippen LogP contribution in [0.4, 0.5) is 13.2 Å². The number of Topliss-reactive ketones (excluding diaryl/α,β-unsaturated/α-hetero) is 1. The molecule has 0 radical (unpaired) electrons. The highest BCUT2D eigenvalue weighted by atomic mass is 35.5. The molecule has 1 aromatic carbocycles. The summed E-state index contributed by atoms with van der Waals surface area (Å²) >= 11 is 5.94. The predicted octanol–water partition coefficient (Wildman–Crippen LogP) is 6.88. The van der Waals surface area contributed by atoms with Crippen LogP contribution in [0, 0.1) is 18.8 Å². The predicted molar refractivity (Wildman–Crippen MR) is 132 cm³/mol. The highest BCUT2D eigenvalue weighted by Gasteiger charge is 2.35. The van der Waals surface area contributed by atoms with Crippen molar-refractivity contribution >= 4 is 33.8 Å². The van der Waals surface area contributed by atoms with Crippen molar-refractivity contribution in [2.45, 2.75) is 64.6 Å². The number of halogens is 4. The Kier molecular flexibility index (Phi) is 8.48. The van der Waals surface area contributed by atoms with Gasteiger partial charge in [0, 0.05) is 24.8 Å². The van der Waals surface area contributed by atoms with Crippen LogP contribution in [0.1, 0.15) is 61.4 Å². The number of nitrogens with zero attached hydrogens (tertiary/aromatic N) is 1. The smallest absolute Gasteiger partial charge is 0.417 e. The van der Waals surface area contributed by atoms with Gasteiger partial charge in [0.2, 0.25) is 0 Å². The molecule has 0 bridgehead atoms. The number of hydrogen-bond acceptors (Lipinski definition) is 4. The molecule has 35 heavy (non-hydrogen) atoms. The average molecular weight is 528 g/mol. The SMILES string of the molecule is CCc1cc(C)cc(CC)c1C1=C(O)CC(C(C)CS(=O)c2ncc(C(F)(F)F)cc2Cl)CC1=O. The molecule has 1 heterocycles. The van der Waals surface area contributed by atoms with Gasteiger partial charge in [0.05, 0.1) is 27.0 Å². The number of benzene rings is 1. The molecule has 4 nitrogen and oxygen atoms in total. The molecule has 1 aromatic heterocycles. The Labute approximate surface area is 211 Å². The average Bonchev–Trinajstić information content (AvgIpc) is 2.77. The third kappa shape index (κ3) is 5.97. The van der Waals surface area contributed by atoms with Gasteiger partial charge in [0.15, 0.2) is 5.78 Å². The lowest BCUT2D eigenvalue weighted by atomic mass is 9.76. The third-order valence-corrected chi connectivity index (χ3v) is 8.48. The number of allylic oxidation sites excluding steroid dienone is 2. The summed E-state index contributed by atoms with van der Waals surface area (Å²) in [5, 5.41) is 10.5. The molecular formula is C26H29ClF3NO3S. The molecular weight excluding hydrogens is 499 g/mol. The van der Waals surface area contributed by atoms with Gasteiger partial charge in [-0.1, -0.05) is 50.1 Å². The summed E-state index contributed by atoms with van der Waals surface area (Å²) in [4.78, 5) is 16.9. The molecule has 3 rings (SSSR count). The zero-order valence-electron chi connectivity index (χ0n) is 20.1. The van der Waals surface area contributed by atoms with Crippen LogP contribution in [0.5, 0.6) is 0 Å². The van der Waals surface area contributed by atoms with Crippen LogP contribution in [-0.2, 0) is 34.6 Å². The molecule has 3 atom stereocenters. The first-order valence-electron chi connectivity index (χ1n) is 11.6. The fourth-order valence-corrected chi connectivity index (χ4v) is 6.41. The highest BCUT2D eigenvalue weighted by molar-refractivity contribution is 7.85. The van der Waals surface area contributed by atoms with Crippen molar-refractivity contribution in [3.05, 3.63) is 63.0 Å². The first-order valence-corrected chi connectivity index (χ1v) is 13.3. The zero-order chi connectivity index (χ0) is 26.1. The van der Waals surface area contributed by atoms with Crippen LogP contribution >= 0.6 is 11.6 Å². The van der Waals surface area contributed by atoms with E-state index in [-0.39, 0.29) is 52.0 Å². The van der Waals surface area contributed by atoms with Gasteiger partial charge < -0.3 is 5.11 Å². The van der Waals surface area contributed by atoms with E-state index in [1.807, 2.05) is 39.8 Å². The molecule has 2 aromatic rings. The molecule has 3 unspecified atom stereocenters. The molecule has 0 saturated heterocycles. The number of carbonyl (C=O) groups excluding carboxylic acids is 1. The number of alkyl halides is 3. The van der Waals surface area contributed by atoms with E-state index in [0.717, 1.165) is 41.2 Å². The number of hydrogen-bond donors (Lipinski definition) is 1. The number of aryl methyl sites for hydroxylation is 3. The summed E-state index contributed by atoms with van der Waals surface area (Å²) in [5.74, 6) is -0.594. The van der Waals surface area contributed by atoms with E-state index in [1.165, 1.54) is 0 Å². The van der Waals surface area contributed by atoms with Crippen LogP contribution in [0.3, 0.4) is 0 Å². The second-order valence-corrected chi connectivity index (χ2v) is 10.9. The monoisotopic (exact) mass is 527 g/mol. The lowest BCUT2D eigenvalue weighted by Gasteiger charge is -2.29. The molecule has 190 valence electrons. The summed E-state index contributed by atoms with van der Waals surface area (Å²) in [6.45, 7) is 7.86. The standard InChI is InChI=1S/C26H29ClF3NO3S/c1-5-16-7-14(3)8-17(6-2)23(16)24-21(32)9-18(10-22(24)33)15(4)13-35(34)25-20(27)11-19(12-31-25)26(28,29)30/h7-8,11-12,15,18,32H,5-6,9-10,13H2,1-4H3. The summed E-state index contributed by atoms with van der Waals surface area (Å²) < 4.78 is 51.4. The van der Waals surface area contributed by atoms with Crippen molar-refractivity contribution in [3.8, 4) is 0 Å². The number of ketones is 1. The lowest BCUT2D eigenvalue weighted by Crippen LogP contribution is -2.27. The first kappa shape index (κ1) is 27.4. The Balaban J connectivity index is 1.83. The Morgan fingerprint density at radius 2 is 1.77 bits per heavy atom. The topological polar surface area (TPSA) is 67.3 Å². The minimum absolute atomic E-state index is 0.0304. The fourth-order valence-electron chi connectivity index (χ4n) is 4.63. The van der Waals surface area contributed by atoms with E-state index in [4.69, 9.17) is 11.6 Å². The molecule has 1 aliphatic rings. The van der Waals surface area contributed by atoms with Gasteiger partial charge in [0.25, 0.3) is 0 Å². The first-order chi connectivity index (χ1) is 16.4. The van der Waals surface area contributed by atoms with Crippen LogP contribution in [0.25, 0.3) is 5.57 Å². The molecule has 1 N–H and O–H groups in total. The molecule has 0 aliphatic heterocycles. The second kappa shape index (κ2) is 10.8. The van der Waals surface area contributed by atoms with Crippen LogP contribution in [0.2, 0.25) is 5.02 Å². The van der Waals surface area contributed by atoms with Crippen molar-refractivity contribution in [1.29, 1.82) is 0 Å². The van der Waals surface area contributed by atoms with Gasteiger partial charge in [-0.3, -0.25) is 9.00 Å². The van der Waals surface area contributed by atoms with Crippen LogP contribution < -0.4 is 0 Å². The van der Waals surface area contributed by atoms with Crippen molar-refractivity contribution in [2.75, 3.05) is 5.75 Å². The molecule has 1 aliphatic carbocycles. The molecule has 0 saturated carbocycles. The minimum atomic E-state index is -4.60. The number of aliphatic hydroxyl groups excluding tert-OH is 1. The molecule has 0 spiro atoms. The summed E-state index contributed by atoms with van der Waals surface area (Å²) in [6.07, 6.45) is -2.07. The van der Waals surface area contributed by atoms with Crippen LogP contribution in [-0.4, -0.2) is 25.8 Å². The number of aromatic nitrogens is 1. The molecule has 0 fully saturated rings. The molecule has 0 amide bonds. The normalized spacial score (nSPS) is 18.6. The van der Waals surface area contributed by atoms with E-state index < -0.39 is 22.5 Å². The van der Waals surface area contributed by atoms with E-state index in [9.17, 15) is 27.3 Å². The third-order valence-electron chi connectivity index (χ3n) is 6.50. The number of pyridine rings is 1. The number of carbonyl (C=O) groups is 1. The zero-order valence-corrected chi connectivity index (χ0v) is 21.7. The number of rotatable bonds is 7. The quantitative estimate of drug-likeness (QED) is 0.426. The van der Waals surface area contributed by atoms with Crippen molar-refractivity contribution in [1.82, 2.24) is 4.98 Å². The van der Waals surface area contributed by atoms with E-state index >= 15 is 0 Å². The van der Waals surface area contributed by atoms with Gasteiger partial charge in [-0.2, -0.15) is 13.2 Å². The van der Waals surface area contributed by atoms with Gasteiger partial charge in [-0.05, 0) is 54.4 Å². The maximum Gasteiger partial charge on any atom is 0.417 e. The van der Waals surface area contributed by atoms with E-state index in [2.05, 4.69) is 4.98 Å². The summed E-state index contributed by atoms with van der Waals surface area (Å²) in [7, 11) is -1.76. The number of aliphatic hydroxyl groups is 1. The second-order valence-electron chi connectivity index (χ2n) is 9.08. The molecule has 9 heteroatoms. The van der Waals surface area contributed by atoms with Gasteiger partial charge in [-0.15, -0.1) is 0 Å². The van der Waals surface area contributed by atoms with E-state index in [0.29, 0.717) is 11.8 Å². The Hall–Kier alpha value is -2.19. The van der Waals surface area contributed by atoms with Gasteiger partial charge in [-0.25, -0.2) is 4.98 Å². The Morgan fingerprint density at radius 3 is 2.26 bits per heavy atom. The Bertz CT molecular complexity index is 1170. The van der Waals surface area contributed by atoms with E-state index in [1.54, 1.807) is 0 Å². The van der Waals surface area contributed by atoms with Crippen molar-refractivity contribution < 1.29 is 27.3 Å². The maximum atomic E-state index is 13.2. The van der Waals surface area contributed by atoms with Crippen molar-refractivity contribution in [3.63, 3.8) is 0 Å². The van der Waals surface area contributed by atoms with Gasteiger partial charge >= 0.3 is 6.18 Å². The Morgan fingerprint density at radius 1 is 1.17 bits per heavy atom. The fraction of sp³-hybridized carbons (Fsp3) is 0.462. The summed E-state index contributed by atoms with van der Waals surface area (Å²) in [5.41, 5.74) is 3.33. The summed E-state index contributed by atoms with van der Waals surface area (Å²) in [6, 6.07) is 4.80. The maximum absolute atomic E-state index is 13.2. The van der Waals surface area contributed by atoms with Crippen LogP contribution in [0.15, 0.2) is 35.2 Å². The van der Waals surface area contributed by atoms with Gasteiger partial charge in [0.1, 0.15) is 10.8 Å². The largest absolute Gasteiger partial charge is 0.512 e. The van der Waals surface area contributed by atoms with Crippen molar-refractivity contribution in [2.24, 2.45) is 11.8 Å².